The molecule has 0 saturated carbocycles. The molecule has 2 unspecified atom stereocenters. The van der Waals surface area contributed by atoms with Gasteiger partial charge in [0.2, 0.25) is 0 Å². The van der Waals surface area contributed by atoms with E-state index in [1.54, 1.807) is 12.1 Å². The maximum atomic E-state index is 10.9. The molecular weight excluding hydrogens is 305 g/mol. The first kappa shape index (κ1) is 14.5. The maximum Gasteiger partial charge on any atom is 0.274 e. The molecular formula is C12H15BrClNO2. The normalized spacial score (nSPS) is 14.4. The van der Waals surface area contributed by atoms with E-state index >= 15 is 0 Å². The zero-order valence-corrected chi connectivity index (χ0v) is 12.2. The summed E-state index contributed by atoms with van der Waals surface area (Å²) in [5, 5.41) is 11.4. The van der Waals surface area contributed by atoms with Gasteiger partial charge < -0.3 is 0 Å². The molecule has 0 fully saturated rings. The first-order chi connectivity index (χ1) is 7.95. The summed E-state index contributed by atoms with van der Waals surface area (Å²) < 4.78 is 0. The molecule has 0 aliphatic rings. The lowest BCUT2D eigenvalue weighted by Crippen LogP contribution is -2.13. The van der Waals surface area contributed by atoms with Crippen LogP contribution >= 0.6 is 27.5 Å². The Morgan fingerprint density at radius 2 is 2.18 bits per heavy atom. The first-order valence-corrected chi connectivity index (χ1v) is 6.82. The highest BCUT2D eigenvalue weighted by atomic mass is 79.9. The zero-order chi connectivity index (χ0) is 13.0. The highest BCUT2D eigenvalue weighted by molar-refractivity contribution is 9.09. The van der Waals surface area contributed by atoms with E-state index < -0.39 is 0 Å². The summed E-state index contributed by atoms with van der Waals surface area (Å²) in [4.78, 5) is 10.9. The summed E-state index contributed by atoms with van der Waals surface area (Å²) in [5.74, 6) is 0.384. The molecule has 2 atom stereocenters. The van der Waals surface area contributed by atoms with E-state index in [2.05, 4.69) is 29.8 Å². The van der Waals surface area contributed by atoms with Crippen LogP contribution in [0.5, 0.6) is 0 Å². The van der Waals surface area contributed by atoms with Crippen LogP contribution in [0.2, 0.25) is 5.02 Å². The van der Waals surface area contributed by atoms with Gasteiger partial charge in [0.15, 0.2) is 0 Å². The Morgan fingerprint density at radius 3 is 2.65 bits per heavy atom. The highest BCUT2D eigenvalue weighted by Gasteiger charge is 2.20. The molecule has 5 heteroatoms. The monoisotopic (exact) mass is 319 g/mol. The molecule has 0 saturated heterocycles. The molecule has 94 valence electrons. The summed E-state index contributed by atoms with van der Waals surface area (Å²) in [7, 11) is 0. The summed E-state index contributed by atoms with van der Waals surface area (Å²) in [6.45, 7) is 4.15. The Balaban J connectivity index is 3.01. The van der Waals surface area contributed by atoms with E-state index in [9.17, 15) is 10.1 Å². The van der Waals surface area contributed by atoms with Crippen molar-refractivity contribution in [3.8, 4) is 0 Å². The van der Waals surface area contributed by atoms with Gasteiger partial charge in [-0.15, -0.1) is 0 Å². The standard InChI is InChI=1S/C12H15BrClNO2/c1-3-9(8(2)13)6-10-4-5-11(14)7-12(10)15(16)17/h4-5,7-9H,3,6H2,1-2H3. The van der Waals surface area contributed by atoms with Crippen molar-refractivity contribution >= 4 is 33.2 Å². The van der Waals surface area contributed by atoms with E-state index in [1.807, 2.05) is 0 Å². The molecule has 0 N–H and O–H groups in total. The van der Waals surface area contributed by atoms with Gasteiger partial charge >= 0.3 is 0 Å². The Kier molecular flexibility index (Phi) is 5.40. The van der Waals surface area contributed by atoms with Crippen LogP contribution < -0.4 is 0 Å². The average molecular weight is 321 g/mol. The summed E-state index contributed by atoms with van der Waals surface area (Å²) in [6.07, 6.45) is 1.67. The maximum absolute atomic E-state index is 10.9. The van der Waals surface area contributed by atoms with Gasteiger partial charge in [0.1, 0.15) is 0 Å². The van der Waals surface area contributed by atoms with Crippen LogP contribution in [0, 0.1) is 16.0 Å². The number of benzene rings is 1. The quantitative estimate of drug-likeness (QED) is 0.452. The highest BCUT2D eigenvalue weighted by Crippen LogP contribution is 2.28. The molecule has 0 aliphatic carbocycles. The smallest absolute Gasteiger partial charge is 0.258 e. The molecule has 1 aromatic rings. The minimum atomic E-state index is -0.368. The molecule has 0 radical (unpaired) electrons. The number of halogens is 2. The van der Waals surface area contributed by atoms with Gasteiger partial charge in [0.25, 0.3) is 5.69 Å². The molecule has 0 spiro atoms. The van der Waals surface area contributed by atoms with Crippen LogP contribution in [0.25, 0.3) is 0 Å². The minimum absolute atomic E-state index is 0.115. The fourth-order valence-electron chi connectivity index (χ4n) is 1.79. The van der Waals surface area contributed by atoms with Crippen LogP contribution in [-0.2, 0) is 6.42 Å². The summed E-state index contributed by atoms with van der Waals surface area (Å²) >= 11 is 9.32. The van der Waals surface area contributed by atoms with Crippen molar-refractivity contribution < 1.29 is 4.92 Å². The van der Waals surface area contributed by atoms with E-state index in [4.69, 9.17) is 11.6 Å². The number of nitro groups is 1. The number of rotatable bonds is 5. The topological polar surface area (TPSA) is 43.1 Å². The molecule has 3 nitrogen and oxygen atoms in total. The van der Waals surface area contributed by atoms with Crippen molar-refractivity contribution in [2.45, 2.75) is 31.5 Å². The number of nitrogens with zero attached hydrogens (tertiary/aromatic N) is 1. The van der Waals surface area contributed by atoms with Crippen molar-refractivity contribution in [2.75, 3.05) is 0 Å². The van der Waals surface area contributed by atoms with E-state index in [-0.39, 0.29) is 10.6 Å². The van der Waals surface area contributed by atoms with Crippen molar-refractivity contribution in [3.05, 3.63) is 38.9 Å². The van der Waals surface area contributed by atoms with Gasteiger partial charge in [-0.05, 0) is 18.4 Å². The fraction of sp³-hybridized carbons (Fsp3) is 0.500. The molecule has 0 aliphatic heterocycles. The molecule has 1 rings (SSSR count). The summed E-state index contributed by atoms with van der Waals surface area (Å²) in [5.41, 5.74) is 0.863. The Bertz CT molecular complexity index is 409. The Labute approximate surface area is 114 Å². The van der Waals surface area contributed by atoms with Gasteiger partial charge in [0.05, 0.1) is 4.92 Å². The zero-order valence-electron chi connectivity index (χ0n) is 9.82. The van der Waals surface area contributed by atoms with Gasteiger partial charge in [-0.25, -0.2) is 0 Å². The van der Waals surface area contributed by atoms with Crippen molar-refractivity contribution in [1.82, 2.24) is 0 Å². The third kappa shape index (κ3) is 3.96. The molecule has 17 heavy (non-hydrogen) atoms. The van der Waals surface area contributed by atoms with E-state index in [0.717, 1.165) is 12.0 Å². The first-order valence-electron chi connectivity index (χ1n) is 5.52. The van der Waals surface area contributed by atoms with Gasteiger partial charge in [-0.3, -0.25) is 10.1 Å². The Morgan fingerprint density at radius 1 is 1.53 bits per heavy atom. The second-order valence-corrected chi connectivity index (χ2v) is 5.96. The second-order valence-electron chi connectivity index (χ2n) is 4.08. The minimum Gasteiger partial charge on any atom is -0.258 e. The third-order valence-corrected chi connectivity index (χ3v) is 3.88. The summed E-state index contributed by atoms with van der Waals surface area (Å²) in [6, 6.07) is 4.87. The lowest BCUT2D eigenvalue weighted by molar-refractivity contribution is -0.385. The molecule has 0 aromatic heterocycles. The molecule has 0 heterocycles. The lowest BCUT2D eigenvalue weighted by atomic mass is 9.93. The van der Waals surface area contributed by atoms with Crippen LogP contribution in [0.1, 0.15) is 25.8 Å². The van der Waals surface area contributed by atoms with Crippen LogP contribution in [0.3, 0.4) is 0 Å². The van der Waals surface area contributed by atoms with Crippen LogP contribution in [0.4, 0.5) is 5.69 Å². The fourth-order valence-corrected chi connectivity index (χ4v) is 2.52. The largest absolute Gasteiger partial charge is 0.274 e. The number of hydrogen-bond acceptors (Lipinski definition) is 2. The van der Waals surface area contributed by atoms with E-state index in [1.165, 1.54) is 6.07 Å². The SMILES string of the molecule is CCC(Cc1ccc(Cl)cc1[N+](=O)[O-])C(C)Br. The van der Waals surface area contributed by atoms with Crippen LogP contribution in [0.15, 0.2) is 18.2 Å². The predicted molar refractivity (Wildman–Crippen MR) is 74.0 cm³/mol. The third-order valence-electron chi connectivity index (χ3n) is 2.90. The second kappa shape index (κ2) is 6.36. The molecule has 1 aromatic carbocycles. The van der Waals surface area contributed by atoms with Crippen LogP contribution in [-0.4, -0.2) is 9.75 Å². The van der Waals surface area contributed by atoms with Crippen molar-refractivity contribution in [3.63, 3.8) is 0 Å². The van der Waals surface area contributed by atoms with Gasteiger partial charge in [0, 0.05) is 21.5 Å². The Hall–Kier alpha value is -0.610. The van der Waals surface area contributed by atoms with Crippen molar-refractivity contribution in [2.24, 2.45) is 5.92 Å². The molecule has 0 amide bonds. The van der Waals surface area contributed by atoms with Gasteiger partial charge in [-0.2, -0.15) is 0 Å². The molecule has 0 bridgehead atoms. The van der Waals surface area contributed by atoms with Crippen molar-refractivity contribution in [1.29, 1.82) is 0 Å². The lowest BCUT2D eigenvalue weighted by Gasteiger charge is -2.17. The predicted octanol–water partition coefficient (Wildman–Crippen LogP) is 4.60. The van der Waals surface area contributed by atoms with Gasteiger partial charge in [-0.1, -0.05) is 53.9 Å². The van der Waals surface area contributed by atoms with E-state index in [0.29, 0.717) is 22.2 Å². The number of hydrogen-bond donors (Lipinski definition) is 0. The average Bonchev–Trinajstić information content (AvgIpc) is 2.26. The number of alkyl halides is 1. The number of nitro benzene ring substituents is 1.